The fourth-order valence-corrected chi connectivity index (χ4v) is 2.24. The number of hydrogen-bond acceptors (Lipinski definition) is 2. The number of halogens is 1. The third kappa shape index (κ3) is 4.69. The van der Waals surface area contributed by atoms with Crippen molar-refractivity contribution in [1.82, 2.24) is 0 Å². The first kappa shape index (κ1) is 15.7. The summed E-state index contributed by atoms with van der Waals surface area (Å²) in [6.45, 7) is 4.72. The van der Waals surface area contributed by atoms with Crippen molar-refractivity contribution in [2.75, 3.05) is 6.61 Å². The van der Waals surface area contributed by atoms with Crippen LogP contribution < -0.4 is 0 Å². The van der Waals surface area contributed by atoms with Crippen LogP contribution in [0, 0.1) is 0 Å². The Kier molecular flexibility index (Phi) is 5.54. The van der Waals surface area contributed by atoms with Crippen LogP contribution in [0.5, 0.6) is 0 Å². The number of hydrogen-bond donors (Lipinski definition) is 0. The molecule has 0 atom stereocenters. The highest BCUT2D eigenvalue weighted by molar-refractivity contribution is 6.30. The van der Waals surface area contributed by atoms with Crippen molar-refractivity contribution >= 4 is 17.4 Å². The van der Waals surface area contributed by atoms with Crippen molar-refractivity contribution in [3.05, 3.63) is 70.2 Å². The zero-order valence-electron chi connectivity index (χ0n) is 12.3. The van der Waals surface area contributed by atoms with Crippen LogP contribution in [0.3, 0.4) is 0 Å². The SMILES string of the molecule is CC(C)c1ccc(C(=O)COCc2cccc(Cl)c2)cc1. The Hall–Kier alpha value is -1.64. The quantitative estimate of drug-likeness (QED) is 0.712. The van der Waals surface area contributed by atoms with E-state index in [9.17, 15) is 4.79 Å². The number of ether oxygens (including phenoxy) is 1. The lowest BCUT2D eigenvalue weighted by Crippen LogP contribution is -2.09. The maximum atomic E-state index is 12.0. The first-order valence-corrected chi connectivity index (χ1v) is 7.39. The summed E-state index contributed by atoms with van der Waals surface area (Å²) in [5.74, 6) is 0.459. The Morgan fingerprint density at radius 3 is 2.48 bits per heavy atom. The molecule has 0 amide bonds. The Bertz CT molecular complexity index is 603. The normalized spacial score (nSPS) is 10.9. The van der Waals surface area contributed by atoms with Gasteiger partial charge in [-0.3, -0.25) is 4.79 Å². The predicted octanol–water partition coefficient (Wildman–Crippen LogP) is 4.86. The standard InChI is InChI=1S/C18H19ClO2/c1-13(2)15-6-8-16(9-7-15)18(20)12-21-11-14-4-3-5-17(19)10-14/h3-10,13H,11-12H2,1-2H3. The number of carbonyl (C=O) groups excluding carboxylic acids is 1. The van der Waals surface area contributed by atoms with Gasteiger partial charge in [-0.05, 0) is 29.2 Å². The van der Waals surface area contributed by atoms with Gasteiger partial charge in [0.25, 0.3) is 0 Å². The minimum Gasteiger partial charge on any atom is -0.369 e. The highest BCUT2D eigenvalue weighted by atomic mass is 35.5. The third-order valence-corrected chi connectivity index (χ3v) is 3.53. The van der Waals surface area contributed by atoms with E-state index in [0.717, 1.165) is 5.56 Å². The smallest absolute Gasteiger partial charge is 0.188 e. The van der Waals surface area contributed by atoms with Crippen molar-refractivity contribution in [1.29, 1.82) is 0 Å². The van der Waals surface area contributed by atoms with E-state index in [1.54, 1.807) is 0 Å². The van der Waals surface area contributed by atoms with Crippen LogP contribution in [0.25, 0.3) is 0 Å². The highest BCUT2D eigenvalue weighted by Crippen LogP contribution is 2.15. The van der Waals surface area contributed by atoms with Crippen molar-refractivity contribution in [2.45, 2.75) is 26.4 Å². The van der Waals surface area contributed by atoms with Gasteiger partial charge in [0.05, 0.1) is 6.61 Å². The molecule has 21 heavy (non-hydrogen) atoms. The number of ketones is 1. The molecule has 110 valence electrons. The summed E-state index contributed by atoms with van der Waals surface area (Å²) >= 11 is 5.90. The van der Waals surface area contributed by atoms with Crippen molar-refractivity contribution in [2.24, 2.45) is 0 Å². The highest BCUT2D eigenvalue weighted by Gasteiger charge is 2.07. The molecule has 0 aliphatic rings. The van der Waals surface area contributed by atoms with Gasteiger partial charge in [-0.1, -0.05) is 61.8 Å². The average molecular weight is 303 g/mol. The minimum atomic E-state index is -0.00710. The summed E-state index contributed by atoms with van der Waals surface area (Å²) < 4.78 is 5.46. The molecule has 0 fully saturated rings. The Morgan fingerprint density at radius 2 is 1.86 bits per heavy atom. The molecule has 0 unspecified atom stereocenters. The van der Waals surface area contributed by atoms with Gasteiger partial charge >= 0.3 is 0 Å². The largest absolute Gasteiger partial charge is 0.369 e. The van der Waals surface area contributed by atoms with E-state index in [1.165, 1.54) is 5.56 Å². The van der Waals surface area contributed by atoms with E-state index in [1.807, 2.05) is 48.5 Å². The summed E-state index contributed by atoms with van der Waals surface area (Å²) in [6.07, 6.45) is 0. The third-order valence-electron chi connectivity index (χ3n) is 3.29. The van der Waals surface area contributed by atoms with E-state index >= 15 is 0 Å². The maximum absolute atomic E-state index is 12.0. The molecule has 0 aliphatic carbocycles. The minimum absolute atomic E-state index is 0.00710. The van der Waals surface area contributed by atoms with Crippen molar-refractivity contribution < 1.29 is 9.53 Å². The molecular formula is C18H19ClO2. The number of Topliss-reactive ketones (excluding diaryl/α,β-unsaturated/α-hetero) is 1. The van der Waals surface area contributed by atoms with Crippen molar-refractivity contribution in [3.8, 4) is 0 Å². The fraction of sp³-hybridized carbons (Fsp3) is 0.278. The van der Waals surface area contributed by atoms with E-state index in [0.29, 0.717) is 23.1 Å². The molecule has 0 aromatic heterocycles. The Balaban J connectivity index is 1.87. The molecule has 2 rings (SSSR count). The molecule has 0 bridgehead atoms. The molecular weight excluding hydrogens is 284 g/mol. The van der Waals surface area contributed by atoms with E-state index < -0.39 is 0 Å². The molecule has 2 nitrogen and oxygen atoms in total. The molecule has 0 aliphatic heterocycles. The van der Waals surface area contributed by atoms with Crippen LogP contribution in [-0.4, -0.2) is 12.4 Å². The molecule has 0 N–H and O–H groups in total. The van der Waals surface area contributed by atoms with Crippen LogP contribution in [-0.2, 0) is 11.3 Å². The van der Waals surface area contributed by atoms with Gasteiger partial charge in [0.2, 0.25) is 0 Å². The fourth-order valence-electron chi connectivity index (χ4n) is 2.03. The van der Waals surface area contributed by atoms with Gasteiger partial charge in [0.15, 0.2) is 5.78 Å². The van der Waals surface area contributed by atoms with Gasteiger partial charge in [-0.2, -0.15) is 0 Å². The van der Waals surface area contributed by atoms with Crippen LogP contribution in [0.4, 0.5) is 0 Å². The van der Waals surface area contributed by atoms with E-state index in [4.69, 9.17) is 16.3 Å². The van der Waals surface area contributed by atoms with Gasteiger partial charge in [0, 0.05) is 10.6 Å². The molecule has 0 saturated heterocycles. The average Bonchev–Trinajstić information content (AvgIpc) is 2.47. The zero-order chi connectivity index (χ0) is 15.2. The van der Waals surface area contributed by atoms with Crippen LogP contribution in [0.15, 0.2) is 48.5 Å². The van der Waals surface area contributed by atoms with Crippen LogP contribution >= 0.6 is 11.6 Å². The maximum Gasteiger partial charge on any atom is 0.188 e. The van der Waals surface area contributed by atoms with Crippen LogP contribution in [0.1, 0.15) is 41.3 Å². The number of benzene rings is 2. The van der Waals surface area contributed by atoms with Gasteiger partial charge < -0.3 is 4.74 Å². The summed E-state index contributed by atoms with van der Waals surface area (Å²) in [4.78, 5) is 12.0. The molecule has 2 aromatic rings. The van der Waals surface area contributed by atoms with Crippen molar-refractivity contribution in [3.63, 3.8) is 0 Å². The molecule has 0 spiro atoms. The molecule has 2 aromatic carbocycles. The second kappa shape index (κ2) is 7.39. The Labute approximate surface area is 130 Å². The Morgan fingerprint density at radius 1 is 1.14 bits per heavy atom. The topological polar surface area (TPSA) is 26.3 Å². The predicted molar refractivity (Wildman–Crippen MR) is 86.0 cm³/mol. The van der Waals surface area contributed by atoms with Crippen LogP contribution in [0.2, 0.25) is 5.02 Å². The number of carbonyl (C=O) groups is 1. The van der Waals surface area contributed by atoms with Gasteiger partial charge in [-0.15, -0.1) is 0 Å². The lowest BCUT2D eigenvalue weighted by atomic mass is 10.0. The summed E-state index contributed by atoms with van der Waals surface area (Å²) in [7, 11) is 0. The molecule has 0 radical (unpaired) electrons. The van der Waals surface area contributed by atoms with E-state index in [2.05, 4.69) is 13.8 Å². The first-order valence-electron chi connectivity index (χ1n) is 7.01. The van der Waals surface area contributed by atoms with Gasteiger partial charge in [0.1, 0.15) is 6.61 Å². The monoisotopic (exact) mass is 302 g/mol. The van der Waals surface area contributed by atoms with Gasteiger partial charge in [-0.25, -0.2) is 0 Å². The lowest BCUT2D eigenvalue weighted by molar-refractivity contribution is 0.0726. The second-order valence-electron chi connectivity index (χ2n) is 5.32. The summed E-state index contributed by atoms with van der Waals surface area (Å²) in [5.41, 5.74) is 2.88. The lowest BCUT2D eigenvalue weighted by Gasteiger charge is -2.07. The summed E-state index contributed by atoms with van der Waals surface area (Å²) in [5, 5.41) is 0.673. The molecule has 0 heterocycles. The molecule has 0 saturated carbocycles. The molecule has 3 heteroatoms. The summed E-state index contributed by atoms with van der Waals surface area (Å²) in [6, 6.07) is 15.2. The number of rotatable bonds is 6. The zero-order valence-corrected chi connectivity index (χ0v) is 13.1. The first-order chi connectivity index (χ1) is 10.1. The van der Waals surface area contributed by atoms with E-state index in [-0.39, 0.29) is 12.4 Å². The second-order valence-corrected chi connectivity index (χ2v) is 5.76.